The maximum atomic E-state index is 10.8. The average Bonchev–Trinajstić information content (AvgIpc) is 2.56. The highest BCUT2D eigenvalue weighted by molar-refractivity contribution is 7.19. The third-order valence-electron chi connectivity index (χ3n) is 2.10. The number of hydrogen-bond acceptors (Lipinski definition) is 3. The van der Waals surface area contributed by atoms with E-state index in [2.05, 4.69) is 0 Å². The van der Waals surface area contributed by atoms with Gasteiger partial charge in [-0.2, -0.15) is 0 Å². The Kier molecular flexibility index (Phi) is 2.85. The van der Waals surface area contributed by atoms with Crippen LogP contribution >= 0.6 is 22.9 Å². The summed E-state index contributed by atoms with van der Waals surface area (Å²) in [6, 6.07) is 8.95. The van der Waals surface area contributed by atoms with Crippen LogP contribution in [0.5, 0.6) is 5.75 Å². The monoisotopic (exact) mass is 254 g/mol. The number of thiophene rings is 1. The van der Waals surface area contributed by atoms with E-state index in [9.17, 15) is 9.90 Å². The van der Waals surface area contributed by atoms with Crippen LogP contribution in [-0.2, 0) is 0 Å². The van der Waals surface area contributed by atoms with Crippen molar-refractivity contribution in [1.82, 2.24) is 0 Å². The molecule has 1 heterocycles. The number of aromatic hydroxyl groups is 1. The van der Waals surface area contributed by atoms with Crippen LogP contribution in [-0.4, -0.2) is 16.2 Å². The third-order valence-corrected chi connectivity index (χ3v) is 3.47. The molecule has 2 rings (SSSR count). The molecule has 0 radical (unpaired) electrons. The minimum Gasteiger partial charge on any atom is -0.505 e. The van der Waals surface area contributed by atoms with E-state index in [-0.39, 0.29) is 15.0 Å². The predicted octanol–water partition coefficient (Wildman–Crippen LogP) is 3.47. The second-order valence-corrected chi connectivity index (χ2v) is 4.72. The van der Waals surface area contributed by atoms with Crippen molar-refractivity contribution in [3.63, 3.8) is 0 Å². The molecule has 0 spiro atoms. The normalized spacial score (nSPS) is 10.3. The van der Waals surface area contributed by atoms with Crippen molar-refractivity contribution in [1.29, 1.82) is 0 Å². The molecule has 0 unspecified atom stereocenters. The lowest BCUT2D eigenvalue weighted by Crippen LogP contribution is -1.91. The Morgan fingerprint density at radius 2 is 1.88 bits per heavy atom. The molecule has 16 heavy (non-hydrogen) atoms. The lowest BCUT2D eigenvalue weighted by molar-refractivity contribution is 0.0699. The van der Waals surface area contributed by atoms with E-state index in [0.29, 0.717) is 11.1 Å². The molecule has 0 saturated carbocycles. The molecule has 1 aromatic carbocycles. The third kappa shape index (κ3) is 1.77. The van der Waals surface area contributed by atoms with Crippen molar-refractivity contribution in [3.8, 4) is 16.9 Å². The summed E-state index contributed by atoms with van der Waals surface area (Å²) >= 11 is 6.78. The molecule has 1 aromatic heterocycles. The lowest BCUT2D eigenvalue weighted by Gasteiger charge is -1.99. The Bertz CT molecular complexity index is 534. The zero-order valence-electron chi connectivity index (χ0n) is 7.98. The highest BCUT2D eigenvalue weighted by Gasteiger charge is 2.21. The van der Waals surface area contributed by atoms with Crippen molar-refractivity contribution in [2.24, 2.45) is 0 Å². The van der Waals surface area contributed by atoms with E-state index < -0.39 is 5.97 Å². The molecule has 0 fully saturated rings. The molecule has 0 atom stereocenters. The van der Waals surface area contributed by atoms with Gasteiger partial charge >= 0.3 is 5.97 Å². The number of carbonyl (C=O) groups is 1. The van der Waals surface area contributed by atoms with Crippen LogP contribution in [0.15, 0.2) is 30.3 Å². The van der Waals surface area contributed by atoms with Crippen LogP contribution in [0.4, 0.5) is 0 Å². The molecule has 3 nitrogen and oxygen atoms in total. The van der Waals surface area contributed by atoms with Crippen molar-refractivity contribution >= 4 is 28.9 Å². The van der Waals surface area contributed by atoms with Gasteiger partial charge in [0.25, 0.3) is 0 Å². The number of carboxylic acids is 1. The van der Waals surface area contributed by atoms with Gasteiger partial charge in [-0.1, -0.05) is 41.9 Å². The molecule has 0 aliphatic rings. The minimum atomic E-state index is -1.17. The summed E-state index contributed by atoms with van der Waals surface area (Å²) < 4.78 is 0.279. The zero-order chi connectivity index (χ0) is 11.7. The van der Waals surface area contributed by atoms with Crippen molar-refractivity contribution in [2.75, 3.05) is 0 Å². The Morgan fingerprint density at radius 1 is 1.25 bits per heavy atom. The summed E-state index contributed by atoms with van der Waals surface area (Å²) in [4.78, 5) is 10.7. The van der Waals surface area contributed by atoms with Crippen LogP contribution in [0.2, 0.25) is 4.34 Å². The van der Waals surface area contributed by atoms with Gasteiger partial charge in [-0.15, -0.1) is 11.3 Å². The Labute approximate surface area is 101 Å². The number of aromatic carboxylic acids is 1. The van der Waals surface area contributed by atoms with Gasteiger partial charge in [0.2, 0.25) is 0 Å². The average molecular weight is 255 g/mol. The molecule has 82 valence electrons. The lowest BCUT2D eigenvalue weighted by atomic mass is 10.1. The Balaban J connectivity index is 2.63. The van der Waals surface area contributed by atoms with Gasteiger partial charge < -0.3 is 10.2 Å². The summed E-state index contributed by atoms with van der Waals surface area (Å²) in [5, 5.41) is 18.6. The highest BCUT2D eigenvalue weighted by atomic mass is 35.5. The molecular formula is C11H7ClO3S. The fourth-order valence-corrected chi connectivity index (χ4v) is 2.61. The first-order valence-corrected chi connectivity index (χ1v) is 5.60. The number of rotatable bonds is 2. The van der Waals surface area contributed by atoms with Gasteiger partial charge in [0.05, 0.1) is 5.56 Å². The molecule has 0 bridgehead atoms. The van der Waals surface area contributed by atoms with Gasteiger partial charge in [0.15, 0.2) is 4.88 Å². The molecule has 2 N–H and O–H groups in total. The number of benzene rings is 1. The smallest absolute Gasteiger partial charge is 0.349 e. The fourth-order valence-electron chi connectivity index (χ4n) is 1.40. The summed E-state index contributed by atoms with van der Waals surface area (Å²) in [6.45, 7) is 0. The summed E-state index contributed by atoms with van der Waals surface area (Å²) in [5.74, 6) is -1.44. The maximum Gasteiger partial charge on any atom is 0.349 e. The highest BCUT2D eigenvalue weighted by Crippen LogP contribution is 2.44. The zero-order valence-corrected chi connectivity index (χ0v) is 9.55. The number of carboxylic acid groups (broad SMARTS) is 1. The van der Waals surface area contributed by atoms with Crippen LogP contribution < -0.4 is 0 Å². The first-order valence-electron chi connectivity index (χ1n) is 4.41. The quantitative estimate of drug-likeness (QED) is 0.863. The summed E-state index contributed by atoms with van der Waals surface area (Å²) in [5.41, 5.74) is 1.08. The fraction of sp³-hybridized carbons (Fsp3) is 0. The van der Waals surface area contributed by atoms with Gasteiger partial charge in [-0.05, 0) is 5.56 Å². The van der Waals surface area contributed by atoms with E-state index in [1.165, 1.54) is 0 Å². The largest absolute Gasteiger partial charge is 0.505 e. The van der Waals surface area contributed by atoms with Crippen molar-refractivity contribution in [2.45, 2.75) is 0 Å². The van der Waals surface area contributed by atoms with E-state index in [1.807, 2.05) is 6.07 Å². The van der Waals surface area contributed by atoms with E-state index in [1.54, 1.807) is 24.3 Å². The van der Waals surface area contributed by atoms with Crippen molar-refractivity contribution in [3.05, 3.63) is 39.5 Å². The molecule has 0 aliphatic heterocycles. The Hall–Kier alpha value is -1.52. The summed E-state index contributed by atoms with van der Waals surface area (Å²) in [6.07, 6.45) is 0. The second-order valence-electron chi connectivity index (χ2n) is 3.10. The number of hydrogen-bond donors (Lipinski definition) is 2. The van der Waals surface area contributed by atoms with Crippen LogP contribution in [0.1, 0.15) is 9.67 Å². The molecule has 0 aliphatic carbocycles. The first kappa shape index (κ1) is 11.0. The standard InChI is InChI=1S/C11H7ClO3S/c12-10-7(6-4-2-1-3-5-6)8(13)9(16-10)11(14)15/h1-5,13H,(H,14,15). The van der Waals surface area contributed by atoms with Crippen LogP contribution in [0, 0.1) is 0 Å². The minimum absolute atomic E-state index is 0.135. The molecule has 0 saturated heterocycles. The summed E-state index contributed by atoms with van der Waals surface area (Å²) in [7, 11) is 0. The van der Waals surface area contributed by atoms with Gasteiger partial charge in [0, 0.05) is 0 Å². The van der Waals surface area contributed by atoms with Crippen LogP contribution in [0.25, 0.3) is 11.1 Å². The van der Waals surface area contributed by atoms with Gasteiger partial charge in [-0.3, -0.25) is 0 Å². The molecular weight excluding hydrogens is 248 g/mol. The first-order chi connectivity index (χ1) is 7.61. The van der Waals surface area contributed by atoms with Crippen LogP contribution in [0.3, 0.4) is 0 Å². The Morgan fingerprint density at radius 3 is 2.38 bits per heavy atom. The molecule has 5 heteroatoms. The number of halogens is 1. The van der Waals surface area contributed by atoms with E-state index >= 15 is 0 Å². The topological polar surface area (TPSA) is 57.5 Å². The molecule has 2 aromatic rings. The predicted molar refractivity (Wildman–Crippen MR) is 63.4 cm³/mol. The van der Waals surface area contributed by atoms with E-state index in [4.69, 9.17) is 16.7 Å². The maximum absolute atomic E-state index is 10.8. The SMILES string of the molecule is O=C(O)c1sc(Cl)c(-c2ccccc2)c1O. The second kappa shape index (κ2) is 4.15. The molecule has 0 amide bonds. The van der Waals surface area contributed by atoms with Gasteiger partial charge in [0.1, 0.15) is 10.1 Å². The van der Waals surface area contributed by atoms with Gasteiger partial charge in [-0.25, -0.2) is 4.79 Å². The van der Waals surface area contributed by atoms with Crippen molar-refractivity contribution < 1.29 is 15.0 Å². The van der Waals surface area contributed by atoms with E-state index in [0.717, 1.165) is 11.3 Å².